The van der Waals surface area contributed by atoms with Gasteiger partial charge in [-0.2, -0.15) is 5.10 Å². The van der Waals surface area contributed by atoms with Crippen LogP contribution >= 0.6 is 11.6 Å². The first-order valence-corrected chi connectivity index (χ1v) is 8.21. The van der Waals surface area contributed by atoms with Gasteiger partial charge < -0.3 is 15.4 Å². The Balaban J connectivity index is 1.78. The number of nitro benzene ring substituents is 1. The van der Waals surface area contributed by atoms with Gasteiger partial charge in [0.15, 0.2) is 0 Å². The van der Waals surface area contributed by atoms with Crippen LogP contribution in [0.25, 0.3) is 0 Å². The molecule has 146 valence electrons. The summed E-state index contributed by atoms with van der Waals surface area (Å²) in [6, 6.07) is 9.91. The Hall–Kier alpha value is -3.66. The number of hydrogen-bond donors (Lipinski definition) is 3. The number of methoxy groups -OCH3 is 1. The van der Waals surface area contributed by atoms with Crippen molar-refractivity contribution in [1.82, 2.24) is 10.7 Å². The van der Waals surface area contributed by atoms with Crippen LogP contribution in [0.2, 0.25) is 5.02 Å². The van der Waals surface area contributed by atoms with Crippen LogP contribution in [0, 0.1) is 10.1 Å². The molecule has 0 aliphatic rings. The summed E-state index contributed by atoms with van der Waals surface area (Å²) in [5.74, 6) is 0.152. The largest absolute Gasteiger partial charge is 0.497 e. The summed E-state index contributed by atoms with van der Waals surface area (Å²) < 4.78 is 5.03. The number of nitrogens with one attached hydrogen (secondary N) is 3. The van der Waals surface area contributed by atoms with Crippen LogP contribution in [-0.4, -0.2) is 36.7 Å². The molecule has 0 atom stereocenters. The minimum absolute atomic E-state index is 0.00195. The standard InChI is InChI=1S/C17H16ClN5O5/c1-28-13-5-2-11(3-6-13)9-20-22-16(24)10-19-17(25)21-15-7-4-12(23(26)27)8-14(15)18/h2-9H,10H2,1H3,(H,22,24)(H2,19,21,25). The molecule has 0 heterocycles. The Kier molecular flexibility index (Phi) is 7.28. The quantitative estimate of drug-likeness (QED) is 0.369. The molecule has 2 aromatic carbocycles. The molecule has 28 heavy (non-hydrogen) atoms. The van der Waals surface area contributed by atoms with Crippen molar-refractivity contribution in [2.24, 2.45) is 5.10 Å². The van der Waals surface area contributed by atoms with Crippen LogP contribution in [0.3, 0.4) is 0 Å². The van der Waals surface area contributed by atoms with E-state index in [1.54, 1.807) is 31.4 Å². The summed E-state index contributed by atoms with van der Waals surface area (Å²) in [4.78, 5) is 33.5. The van der Waals surface area contributed by atoms with E-state index in [9.17, 15) is 19.7 Å². The smallest absolute Gasteiger partial charge is 0.319 e. The van der Waals surface area contributed by atoms with Gasteiger partial charge in [0, 0.05) is 12.1 Å². The van der Waals surface area contributed by atoms with Crippen LogP contribution in [0.15, 0.2) is 47.6 Å². The first kappa shape index (κ1) is 20.6. The summed E-state index contributed by atoms with van der Waals surface area (Å²) in [5, 5.41) is 19.1. The van der Waals surface area contributed by atoms with Gasteiger partial charge in [0.05, 0.1) is 29.0 Å². The minimum Gasteiger partial charge on any atom is -0.497 e. The van der Waals surface area contributed by atoms with Crippen molar-refractivity contribution in [2.45, 2.75) is 0 Å². The zero-order chi connectivity index (χ0) is 20.5. The van der Waals surface area contributed by atoms with Gasteiger partial charge in [-0.15, -0.1) is 0 Å². The lowest BCUT2D eigenvalue weighted by Gasteiger charge is -2.08. The number of amides is 3. The molecule has 3 N–H and O–H groups in total. The van der Waals surface area contributed by atoms with E-state index in [1.165, 1.54) is 18.3 Å². The van der Waals surface area contributed by atoms with Crippen LogP contribution in [0.1, 0.15) is 5.56 Å². The van der Waals surface area contributed by atoms with Gasteiger partial charge >= 0.3 is 6.03 Å². The summed E-state index contributed by atoms with van der Waals surface area (Å²) >= 11 is 5.87. The first-order valence-electron chi connectivity index (χ1n) is 7.84. The summed E-state index contributed by atoms with van der Waals surface area (Å²) in [5.41, 5.74) is 2.98. The predicted octanol–water partition coefficient (Wildman–Crippen LogP) is 2.53. The summed E-state index contributed by atoms with van der Waals surface area (Å²) in [6.07, 6.45) is 1.44. The molecule has 0 saturated heterocycles. The molecule has 11 heteroatoms. The molecule has 0 radical (unpaired) electrons. The molecule has 0 spiro atoms. The van der Waals surface area contributed by atoms with Gasteiger partial charge in [0.1, 0.15) is 12.3 Å². The van der Waals surface area contributed by atoms with E-state index in [2.05, 4.69) is 21.2 Å². The van der Waals surface area contributed by atoms with Crippen molar-refractivity contribution in [1.29, 1.82) is 0 Å². The number of ether oxygens (including phenoxy) is 1. The number of halogens is 1. The van der Waals surface area contributed by atoms with E-state index in [1.807, 2.05) is 0 Å². The number of benzene rings is 2. The number of hydrogen-bond acceptors (Lipinski definition) is 6. The van der Waals surface area contributed by atoms with Gasteiger partial charge in [-0.25, -0.2) is 10.2 Å². The second-order valence-electron chi connectivity index (χ2n) is 5.30. The number of rotatable bonds is 7. The molecule has 0 bridgehead atoms. The first-order chi connectivity index (χ1) is 13.4. The molecule has 0 aliphatic carbocycles. The third kappa shape index (κ3) is 6.25. The molecular weight excluding hydrogens is 390 g/mol. The molecule has 0 unspecified atom stereocenters. The zero-order valence-corrected chi connectivity index (χ0v) is 15.4. The van der Waals surface area contributed by atoms with Crippen molar-refractivity contribution in [3.63, 3.8) is 0 Å². The Labute approximate surface area is 164 Å². The lowest BCUT2D eigenvalue weighted by atomic mass is 10.2. The van der Waals surface area contributed by atoms with Gasteiger partial charge in [0.25, 0.3) is 11.6 Å². The highest BCUT2D eigenvalue weighted by Crippen LogP contribution is 2.26. The van der Waals surface area contributed by atoms with Gasteiger partial charge in [0.2, 0.25) is 0 Å². The van der Waals surface area contributed by atoms with E-state index in [-0.39, 0.29) is 22.9 Å². The fourth-order valence-corrected chi connectivity index (χ4v) is 2.18. The fourth-order valence-electron chi connectivity index (χ4n) is 1.95. The molecule has 2 aromatic rings. The van der Waals surface area contributed by atoms with Crippen molar-refractivity contribution in [2.75, 3.05) is 19.0 Å². The van der Waals surface area contributed by atoms with Crippen molar-refractivity contribution >= 4 is 41.1 Å². The van der Waals surface area contributed by atoms with Crippen molar-refractivity contribution < 1.29 is 19.2 Å². The average molecular weight is 406 g/mol. The van der Waals surface area contributed by atoms with Crippen LogP contribution in [0.4, 0.5) is 16.2 Å². The Morgan fingerprint density at radius 2 is 1.96 bits per heavy atom. The van der Waals surface area contributed by atoms with E-state index in [0.29, 0.717) is 5.75 Å². The number of urea groups is 1. The maximum atomic E-state index is 11.8. The maximum absolute atomic E-state index is 11.8. The molecule has 0 saturated carbocycles. The van der Waals surface area contributed by atoms with Gasteiger partial charge in [-0.3, -0.25) is 14.9 Å². The third-order valence-electron chi connectivity index (χ3n) is 3.34. The van der Waals surface area contributed by atoms with Gasteiger partial charge in [-0.05, 0) is 35.9 Å². The van der Waals surface area contributed by atoms with Crippen LogP contribution in [-0.2, 0) is 4.79 Å². The Bertz CT molecular complexity index is 901. The van der Waals surface area contributed by atoms with E-state index in [4.69, 9.17) is 16.3 Å². The highest BCUT2D eigenvalue weighted by Gasteiger charge is 2.12. The number of nitro groups is 1. The monoisotopic (exact) mass is 405 g/mol. The Morgan fingerprint density at radius 1 is 1.25 bits per heavy atom. The van der Waals surface area contributed by atoms with E-state index < -0.39 is 16.9 Å². The topological polar surface area (TPSA) is 135 Å². The summed E-state index contributed by atoms with van der Waals surface area (Å²) in [6.45, 7) is -0.337. The molecule has 10 nitrogen and oxygen atoms in total. The fraction of sp³-hybridized carbons (Fsp3) is 0.118. The number of anilines is 1. The van der Waals surface area contributed by atoms with Crippen LogP contribution in [0.5, 0.6) is 5.75 Å². The van der Waals surface area contributed by atoms with Crippen molar-refractivity contribution in [3.05, 3.63) is 63.2 Å². The molecule has 0 fully saturated rings. The number of hydrazone groups is 1. The SMILES string of the molecule is COc1ccc(C=NNC(=O)CNC(=O)Nc2ccc([N+](=O)[O-])cc2Cl)cc1. The highest BCUT2D eigenvalue weighted by molar-refractivity contribution is 6.33. The predicted molar refractivity (Wildman–Crippen MR) is 104 cm³/mol. The Morgan fingerprint density at radius 3 is 2.57 bits per heavy atom. The van der Waals surface area contributed by atoms with Gasteiger partial charge in [-0.1, -0.05) is 11.6 Å². The van der Waals surface area contributed by atoms with E-state index in [0.717, 1.165) is 11.6 Å². The van der Waals surface area contributed by atoms with Crippen molar-refractivity contribution in [3.8, 4) is 5.75 Å². The molecule has 0 aliphatic heterocycles. The normalized spacial score (nSPS) is 10.4. The summed E-state index contributed by atoms with van der Waals surface area (Å²) in [7, 11) is 1.56. The lowest BCUT2D eigenvalue weighted by molar-refractivity contribution is -0.384. The second-order valence-corrected chi connectivity index (χ2v) is 5.70. The average Bonchev–Trinajstić information content (AvgIpc) is 2.68. The number of carbonyl (C=O) groups excluding carboxylic acids is 2. The lowest BCUT2D eigenvalue weighted by Crippen LogP contribution is -2.37. The minimum atomic E-state index is -0.704. The highest BCUT2D eigenvalue weighted by atomic mass is 35.5. The molecule has 0 aromatic heterocycles. The third-order valence-corrected chi connectivity index (χ3v) is 3.65. The number of nitrogens with zero attached hydrogens (tertiary/aromatic N) is 2. The molecule has 3 amide bonds. The zero-order valence-electron chi connectivity index (χ0n) is 14.6. The second kappa shape index (κ2) is 9.88. The number of non-ortho nitro benzene ring substituents is 1. The molecule has 2 rings (SSSR count). The van der Waals surface area contributed by atoms with E-state index >= 15 is 0 Å². The maximum Gasteiger partial charge on any atom is 0.319 e. The van der Waals surface area contributed by atoms with Crippen LogP contribution < -0.4 is 20.8 Å². The number of carbonyl (C=O) groups is 2. The molecular formula is C17H16ClN5O5.